The first kappa shape index (κ1) is 14.5. The minimum Gasteiger partial charge on any atom is -0.293 e. The van der Waals surface area contributed by atoms with Crippen molar-refractivity contribution in [3.05, 3.63) is 107 Å². The SMILES string of the molecule is O=C(c1ccccc1)C12c3ccccc3C3CC1C2[C@H]3c1ccccc1. The van der Waals surface area contributed by atoms with Crippen LogP contribution in [0.3, 0.4) is 0 Å². The average molecular weight is 336 g/mol. The largest absolute Gasteiger partial charge is 0.293 e. The molecule has 2 fully saturated rings. The van der Waals surface area contributed by atoms with Crippen LogP contribution >= 0.6 is 0 Å². The summed E-state index contributed by atoms with van der Waals surface area (Å²) in [5, 5.41) is 0. The van der Waals surface area contributed by atoms with Crippen LogP contribution in [-0.4, -0.2) is 5.78 Å². The zero-order valence-electron chi connectivity index (χ0n) is 14.5. The summed E-state index contributed by atoms with van der Waals surface area (Å²) in [5.74, 6) is 2.33. The van der Waals surface area contributed by atoms with Gasteiger partial charge in [-0.05, 0) is 46.8 Å². The zero-order valence-corrected chi connectivity index (χ0v) is 14.5. The molecule has 126 valence electrons. The molecule has 3 aliphatic carbocycles. The molecule has 4 unspecified atom stereocenters. The smallest absolute Gasteiger partial charge is 0.173 e. The van der Waals surface area contributed by atoms with E-state index in [2.05, 4.69) is 54.6 Å². The molecule has 26 heavy (non-hydrogen) atoms. The number of ketones is 1. The van der Waals surface area contributed by atoms with E-state index in [0.29, 0.717) is 29.5 Å². The average Bonchev–Trinajstić information content (AvgIpc) is 3.25. The molecule has 0 saturated heterocycles. The van der Waals surface area contributed by atoms with Crippen molar-refractivity contribution in [3.63, 3.8) is 0 Å². The predicted molar refractivity (Wildman–Crippen MR) is 102 cm³/mol. The van der Waals surface area contributed by atoms with Crippen LogP contribution in [0.5, 0.6) is 0 Å². The Morgan fingerprint density at radius 1 is 0.808 bits per heavy atom. The van der Waals surface area contributed by atoms with E-state index in [1.165, 1.54) is 16.7 Å². The highest BCUT2D eigenvalue weighted by molar-refractivity contribution is 6.08. The number of fused-ring (bicyclic) bond motifs is 5. The minimum absolute atomic E-state index is 0.298. The van der Waals surface area contributed by atoms with Crippen LogP contribution in [0.4, 0.5) is 0 Å². The molecule has 1 nitrogen and oxygen atoms in total. The Balaban J connectivity index is 1.56. The predicted octanol–water partition coefficient (Wildman–Crippen LogP) is 5.34. The Morgan fingerprint density at radius 2 is 1.46 bits per heavy atom. The Kier molecular flexibility index (Phi) is 2.76. The molecule has 5 atom stereocenters. The maximum absolute atomic E-state index is 13.7. The van der Waals surface area contributed by atoms with Crippen LogP contribution in [0.15, 0.2) is 84.9 Å². The number of Topliss-reactive ketones (excluding diaryl/α,β-unsaturated/α-hetero) is 1. The third-order valence-corrected chi connectivity index (χ3v) is 7.17. The highest BCUT2D eigenvalue weighted by atomic mass is 16.1. The van der Waals surface area contributed by atoms with Crippen LogP contribution in [0, 0.1) is 11.8 Å². The van der Waals surface area contributed by atoms with E-state index in [1.54, 1.807) is 0 Å². The van der Waals surface area contributed by atoms with Gasteiger partial charge in [-0.3, -0.25) is 4.79 Å². The van der Waals surface area contributed by atoms with E-state index in [-0.39, 0.29) is 5.41 Å². The lowest BCUT2D eigenvalue weighted by atomic mass is 9.63. The van der Waals surface area contributed by atoms with Gasteiger partial charge in [0.15, 0.2) is 5.78 Å². The van der Waals surface area contributed by atoms with Gasteiger partial charge in [0.05, 0.1) is 5.41 Å². The molecule has 0 amide bonds. The lowest BCUT2D eigenvalue weighted by Crippen LogP contribution is -2.36. The fourth-order valence-electron chi connectivity index (χ4n) is 6.31. The van der Waals surface area contributed by atoms with Crippen molar-refractivity contribution < 1.29 is 4.79 Å². The van der Waals surface area contributed by atoms with Crippen molar-refractivity contribution in [2.45, 2.75) is 23.7 Å². The van der Waals surface area contributed by atoms with Crippen molar-refractivity contribution in [3.8, 4) is 0 Å². The van der Waals surface area contributed by atoms with Gasteiger partial charge in [0, 0.05) is 5.56 Å². The van der Waals surface area contributed by atoms with E-state index < -0.39 is 0 Å². The highest BCUT2D eigenvalue weighted by Crippen LogP contribution is 2.80. The maximum Gasteiger partial charge on any atom is 0.173 e. The second kappa shape index (κ2) is 4.94. The molecule has 2 bridgehead atoms. The zero-order chi connectivity index (χ0) is 17.3. The summed E-state index contributed by atoms with van der Waals surface area (Å²) in [7, 11) is 0. The first-order valence-corrected chi connectivity index (χ1v) is 9.57. The Morgan fingerprint density at radius 3 is 2.23 bits per heavy atom. The molecule has 6 rings (SSSR count). The molecule has 3 aromatic carbocycles. The quantitative estimate of drug-likeness (QED) is 0.590. The molecule has 0 aromatic heterocycles. The van der Waals surface area contributed by atoms with Gasteiger partial charge in [-0.1, -0.05) is 84.9 Å². The van der Waals surface area contributed by atoms with Crippen LogP contribution in [0.25, 0.3) is 0 Å². The van der Waals surface area contributed by atoms with Crippen molar-refractivity contribution in [2.24, 2.45) is 11.8 Å². The molecule has 1 heteroatoms. The second-order valence-corrected chi connectivity index (χ2v) is 8.06. The number of rotatable bonds is 3. The van der Waals surface area contributed by atoms with E-state index in [1.807, 2.05) is 30.3 Å². The van der Waals surface area contributed by atoms with Crippen molar-refractivity contribution in [1.29, 1.82) is 0 Å². The van der Waals surface area contributed by atoms with Gasteiger partial charge < -0.3 is 0 Å². The standard InChI is InChI=1S/C25H20O/c26-24(17-11-5-2-6-12-17)25-20-14-8-7-13-18(20)19-15-21(25)23(25)22(19)16-9-3-1-4-10-16/h1-14,19,21-23H,15H2/t19?,21?,22-,23?,25?/m0/s1. The number of hydrogen-bond acceptors (Lipinski definition) is 1. The number of carbonyl (C=O) groups excluding carboxylic acids is 1. The molecule has 3 aromatic rings. The summed E-state index contributed by atoms with van der Waals surface area (Å²) in [4.78, 5) is 13.7. The summed E-state index contributed by atoms with van der Waals surface area (Å²) in [6, 6.07) is 29.5. The van der Waals surface area contributed by atoms with Gasteiger partial charge in [-0.2, -0.15) is 0 Å². The van der Waals surface area contributed by atoms with Gasteiger partial charge in [0.1, 0.15) is 0 Å². The van der Waals surface area contributed by atoms with Crippen LogP contribution in [0.2, 0.25) is 0 Å². The van der Waals surface area contributed by atoms with Gasteiger partial charge in [-0.15, -0.1) is 0 Å². The van der Waals surface area contributed by atoms with Crippen LogP contribution < -0.4 is 0 Å². The molecule has 0 radical (unpaired) electrons. The fraction of sp³-hybridized carbons (Fsp3) is 0.240. The number of hydrogen-bond donors (Lipinski definition) is 0. The summed E-state index contributed by atoms with van der Waals surface area (Å²) in [5.41, 5.74) is 4.69. The van der Waals surface area contributed by atoms with E-state index in [4.69, 9.17) is 0 Å². The van der Waals surface area contributed by atoms with Gasteiger partial charge >= 0.3 is 0 Å². The third-order valence-electron chi connectivity index (χ3n) is 7.17. The molecule has 0 N–H and O–H groups in total. The molecule has 3 aliphatic rings. The number of carbonyl (C=O) groups is 1. The topological polar surface area (TPSA) is 17.1 Å². The molecule has 0 heterocycles. The lowest BCUT2D eigenvalue weighted by Gasteiger charge is -2.39. The van der Waals surface area contributed by atoms with Crippen molar-refractivity contribution in [2.75, 3.05) is 0 Å². The summed E-state index contributed by atoms with van der Waals surface area (Å²) in [6.07, 6.45) is 1.15. The van der Waals surface area contributed by atoms with E-state index >= 15 is 0 Å². The summed E-state index contributed by atoms with van der Waals surface area (Å²) in [6.45, 7) is 0. The van der Waals surface area contributed by atoms with Gasteiger partial charge in [0.25, 0.3) is 0 Å². The molecule has 2 saturated carbocycles. The summed E-state index contributed by atoms with van der Waals surface area (Å²) >= 11 is 0. The number of benzene rings is 3. The maximum atomic E-state index is 13.7. The monoisotopic (exact) mass is 336 g/mol. The minimum atomic E-state index is -0.298. The van der Waals surface area contributed by atoms with Crippen molar-refractivity contribution in [1.82, 2.24) is 0 Å². The molecular formula is C25H20O. The van der Waals surface area contributed by atoms with E-state index in [9.17, 15) is 4.79 Å². The molecular weight excluding hydrogens is 316 g/mol. The van der Waals surface area contributed by atoms with E-state index in [0.717, 1.165) is 12.0 Å². The first-order chi connectivity index (χ1) is 12.8. The van der Waals surface area contributed by atoms with Gasteiger partial charge in [0.2, 0.25) is 0 Å². The normalized spacial score (nSPS) is 32.8. The van der Waals surface area contributed by atoms with Crippen LogP contribution in [-0.2, 0) is 5.41 Å². The second-order valence-electron chi connectivity index (χ2n) is 8.06. The van der Waals surface area contributed by atoms with Crippen molar-refractivity contribution >= 4 is 5.78 Å². The fourth-order valence-corrected chi connectivity index (χ4v) is 6.31. The Hall–Kier alpha value is -2.67. The Labute approximate surface area is 153 Å². The molecule has 0 spiro atoms. The lowest BCUT2D eigenvalue weighted by molar-refractivity contribution is 0.0911. The molecule has 0 aliphatic heterocycles. The van der Waals surface area contributed by atoms with Gasteiger partial charge in [-0.25, -0.2) is 0 Å². The first-order valence-electron chi connectivity index (χ1n) is 9.57. The third kappa shape index (κ3) is 1.60. The summed E-state index contributed by atoms with van der Waals surface area (Å²) < 4.78 is 0. The highest BCUT2D eigenvalue weighted by Gasteiger charge is 2.79. The van der Waals surface area contributed by atoms with Crippen LogP contribution in [0.1, 0.15) is 45.3 Å². The Bertz CT molecular complexity index is 1010.